The molecule has 0 radical (unpaired) electrons. The molecule has 7 amide bonds. The molecule has 1 rings (SSSR count). The van der Waals surface area contributed by atoms with Gasteiger partial charge in [0.1, 0.15) is 61.2 Å². The quantitative estimate of drug-likeness (QED) is 0.0172. The van der Waals surface area contributed by atoms with E-state index in [1.807, 2.05) is 0 Å². The second-order valence-electron chi connectivity index (χ2n) is 15.7. The zero-order chi connectivity index (χ0) is 54.6. The third-order valence-electron chi connectivity index (χ3n) is 9.74. The third kappa shape index (κ3) is 23.2. The number of alkyl halides is 3. The SMILES string of the molecule is COC(=O)[C@@H](C)NC(=O)[C@@H](C)NC(=O)[C@H](CCCCNC(=O)C(F)(F)F)NC(=O)CC[C@@H](NC(=O)[C@H](C)NC(=O)[C@@H](C)O[C@@H]1[C@@H](NC(C)=O)[C@@H](OP(=O)(O)O)O[C@H](COC(C)=O)[C@H]1OC(C)=O)C(=O)OC. The van der Waals surface area contributed by atoms with Crippen LogP contribution in [0.5, 0.6) is 0 Å². The molecule has 0 unspecified atom stereocenters. The van der Waals surface area contributed by atoms with Crippen LogP contribution in [0.15, 0.2) is 0 Å². The Morgan fingerprint density at radius 1 is 0.690 bits per heavy atom. The number of rotatable bonds is 27. The average Bonchev–Trinajstić information content (AvgIpc) is 3.26. The maximum atomic E-state index is 13.5. The summed E-state index contributed by atoms with van der Waals surface area (Å²) in [6, 6.07) is -8.69. The van der Waals surface area contributed by atoms with E-state index in [0.717, 1.165) is 48.8 Å². The number of phosphoric acid groups is 1. The van der Waals surface area contributed by atoms with E-state index in [9.17, 15) is 80.3 Å². The summed E-state index contributed by atoms with van der Waals surface area (Å²) in [6.07, 6.45) is -15.3. The molecule has 11 atom stereocenters. The minimum Gasteiger partial charge on any atom is -0.467 e. The zero-order valence-electron chi connectivity index (χ0n) is 40.0. The van der Waals surface area contributed by atoms with Gasteiger partial charge in [-0.2, -0.15) is 13.2 Å². The van der Waals surface area contributed by atoms with E-state index in [1.165, 1.54) is 13.8 Å². The number of halogens is 3. The summed E-state index contributed by atoms with van der Waals surface area (Å²) in [6.45, 7) is 6.62. The van der Waals surface area contributed by atoms with E-state index in [4.69, 9.17) is 28.2 Å². The first-order valence-corrected chi connectivity index (χ1v) is 23.0. The van der Waals surface area contributed by atoms with Crippen molar-refractivity contribution in [1.82, 2.24) is 37.2 Å². The summed E-state index contributed by atoms with van der Waals surface area (Å²) in [5, 5.41) is 15.6. The molecule has 32 heteroatoms. The van der Waals surface area contributed by atoms with Crippen molar-refractivity contribution in [3.63, 3.8) is 0 Å². The third-order valence-corrected chi connectivity index (χ3v) is 10.2. The lowest BCUT2D eigenvalue weighted by atomic mass is 9.96. The standard InChI is InChI=1S/C39H61F3N7O21P/c1-17(31(54)46-19(3)35(58)64-8)45-34(57)24(12-10-11-15-43-38(60)39(40,41)42)48-27(53)14-13-25(36(59)65-9)49-32(55)18(2)44-33(56)20(4)67-30-28(47-21(5)50)37(70-71(61,62)63)69-26(16-66-22(6)51)29(30)68-23(7)52/h17-20,24-26,28-30,37H,10-16H2,1-9H3,(H,43,60)(H,44,56)(H,45,57)(H,46,54)(H,47,50)(H,48,53)(H,49,55)(H2,61,62,63)/t17-,18+,19-,20-,24+,25-,26-,28-,29-,30-,37-/m1/s1. The summed E-state index contributed by atoms with van der Waals surface area (Å²) in [4.78, 5) is 157. The molecular weight excluding hydrogens is 990 g/mol. The predicted octanol–water partition coefficient (Wildman–Crippen LogP) is -2.95. The molecule has 1 heterocycles. The fourth-order valence-corrected chi connectivity index (χ4v) is 6.72. The van der Waals surface area contributed by atoms with Crippen molar-refractivity contribution in [2.24, 2.45) is 0 Å². The molecule has 1 fully saturated rings. The maximum absolute atomic E-state index is 13.5. The molecule has 28 nitrogen and oxygen atoms in total. The summed E-state index contributed by atoms with van der Waals surface area (Å²) in [7, 11) is -3.38. The van der Waals surface area contributed by atoms with Crippen LogP contribution >= 0.6 is 7.82 Å². The highest BCUT2D eigenvalue weighted by atomic mass is 31.2. The molecule has 0 aliphatic carbocycles. The number of hydrogen-bond donors (Lipinski definition) is 9. The Morgan fingerprint density at radius 2 is 1.25 bits per heavy atom. The summed E-state index contributed by atoms with van der Waals surface area (Å²) >= 11 is 0. The molecule has 0 saturated carbocycles. The van der Waals surface area contributed by atoms with Crippen molar-refractivity contribution in [3.05, 3.63) is 0 Å². The molecule has 0 aromatic carbocycles. The molecule has 71 heavy (non-hydrogen) atoms. The Kier molecular flexibility index (Phi) is 26.1. The van der Waals surface area contributed by atoms with Crippen molar-refractivity contribution in [3.8, 4) is 0 Å². The number of hydrogen-bond acceptors (Lipinski definition) is 19. The van der Waals surface area contributed by atoms with Crippen LogP contribution in [-0.4, -0.2) is 176 Å². The molecule has 0 aromatic rings. The summed E-state index contributed by atoms with van der Waals surface area (Å²) in [5.41, 5.74) is 0. The average molecular weight is 1050 g/mol. The molecule has 0 aromatic heterocycles. The number of unbranched alkanes of at least 4 members (excludes halogenated alkanes) is 1. The Balaban J connectivity index is 3.22. The van der Waals surface area contributed by atoms with Crippen molar-refractivity contribution >= 4 is 73.1 Å². The van der Waals surface area contributed by atoms with Gasteiger partial charge in [-0.1, -0.05) is 0 Å². The Bertz CT molecular complexity index is 1980. The second kappa shape index (κ2) is 29.4. The lowest BCUT2D eigenvalue weighted by molar-refractivity contribution is -0.267. The molecule has 1 saturated heterocycles. The molecule has 9 N–H and O–H groups in total. The van der Waals surface area contributed by atoms with E-state index in [1.54, 1.807) is 5.32 Å². The number of carbonyl (C=O) groups is 11. The van der Waals surface area contributed by atoms with Gasteiger partial charge in [0.25, 0.3) is 0 Å². The normalized spacial score (nSPS) is 20.3. The number of esters is 4. The van der Waals surface area contributed by atoms with Gasteiger partial charge in [-0.3, -0.25) is 47.7 Å². The van der Waals surface area contributed by atoms with E-state index in [0.29, 0.717) is 0 Å². The van der Waals surface area contributed by atoms with Crippen molar-refractivity contribution in [2.45, 2.75) is 154 Å². The van der Waals surface area contributed by atoms with Gasteiger partial charge in [-0.25, -0.2) is 14.2 Å². The predicted molar refractivity (Wildman–Crippen MR) is 229 cm³/mol. The lowest BCUT2D eigenvalue weighted by Crippen LogP contribution is -2.67. The van der Waals surface area contributed by atoms with Crippen LogP contribution in [0.3, 0.4) is 0 Å². The highest BCUT2D eigenvalue weighted by molar-refractivity contribution is 7.46. The van der Waals surface area contributed by atoms with Gasteiger partial charge in [0.2, 0.25) is 35.4 Å². The maximum Gasteiger partial charge on any atom is 0.472 e. The number of phosphoric ester groups is 1. The molecule has 404 valence electrons. The first kappa shape index (κ1) is 63.0. The van der Waals surface area contributed by atoms with E-state index in [2.05, 4.69) is 36.6 Å². The van der Waals surface area contributed by atoms with Gasteiger partial charge in [0.15, 0.2) is 12.4 Å². The van der Waals surface area contributed by atoms with E-state index < -0.39 is 172 Å². The van der Waals surface area contributed by atoms with Crippen LogP contribution in [0, 0.1) is 0 Å². The van der Waals surface area contributed by atoms with Crippen molar-refractivity contribution in [2.75, 3.05) is 27.4 Å². The van der Waals surface area contributed by atoms with Crippen LogP contribution in [0.4, 0.5) is 13.2 Å². The van der Waals surface area contributed by atoms with Gasteiger partial charge in [-0.05, 0) is 53.4 Å². The fourth-order valence-electron chi connectivity index (χ4n) is 6.27. The zero-order valence-corrected chi connectivity index (χ0v) is 40.9. The summed E-state index contributed by atoms with van der Waals surface area (Å²) < 4.78 is 85.4. The van der Waals surface area contributed by atoms with Gasteiger partial charge in [-0.15, -0.1) is 0 Å². The molecule has 0 bridgehead atoms. The number of ether oxygens (including phenoxy) is 6. The molecule has 1 aliphatic heterocycles. The highest BCUT2D eigenvalue weighted by Gasteiger charge is 2.52. The van der Waals surface area contributed by atoms with E-state index in [-0.39, 0.29) is 19.3 Å². The summed E-state index contributed by atoms with van der Waals surface area (Å²) in [5.74, 6) is -11.6. The van der Waals surface area contributed by atoms with Gasteiger partial charge in [0, 0.05) is 33.7 Å². The van der Waals surface area contributed by atoms with Crippen molar-refractivity contribution < 1.29 is 113 Å². The Hall–Kier alpha value is -6.01. The van der Waals surface area contributed by atoms with Crippen LogP contribution in [0.2, 0.25) is 0 Å². The number of nitrogens with one attached hydrogen (secondary N) is 7. The Morgan fingerprint density at radius 3 is 1.77 bits per heavy atom. The highest BCUT2D eigenvalue weighted by Crippen LogP contribution is 2.41. The second-order valence-corrected chi connectivity index (χ2v) is 16.9. The minimum atomic E-state index is -5.41. The first-order valence-electron chi connectivity index (χ1n) is 21.5. The number of amides is 7. The smallest absolute Gasteiger partial charge is 0.467 e. The molecule has 1 aliphatic rings. The topological polar surface area (TPSA) is 394 Å². The number of methoxy groups -OCH3 is 2. The molecule has 0 spiro atoms. The van der Waals surface area contributed by atoms with Gasteiger partial charge < -0.3 is 75.4 Å². The minimum absolute atomic E-state index is 0.0512. The molecular formula is C39H61F3N7O21P. The fraction of sp³-hybridized carbons (Fsp3) is 0.718. The van der Waals surface area contributed by atoms with Gasteiger partial charge in [0.05, 0.1) is 14.2 Å². The lowest BCUT2D eigenvalue weighted by Gasteiger charge is -2.45. The Labute approximate surface area is 404 Å². The van der Waals surface area contributed by atoms with Crippen LogP contribution in [0.25, 0.3) is 0 Å². The van der Waals surface area contributed by atoms with E-state index >= 15 is 0 Å². The van der Waals surface area contributed by atoms with Crippen molar-refractivity contribution in [1.29, 1.82) is 0 Å². The largest absolute Gasteiger partial charge is 0.472 e. The van der Waals surface area contributed by atoms with Gasteiger partial charge >= 0.3 is 43.8 Å². The number of carbonyl (C=O) groups excluding carboxylic acids is 11. The van der Waals surface area contributed by atoms with Crippen LogP contribution < -0.4 is 37.2 Å². The first-order chi connectivity index (χ1) is 32.8. The monoisotopic (exact) mass is 1050 g/mol. The van der Waals surface area contributed by atoms with Crippen LogP contribution in [0.1, 0.15) is 80.6 Å². The van der Waals surface area contributed by atoms with Crippen LogP contribution in [-0.2, 0) is 90.2 Å².